The van der Waals surface area contributed by atoms with Crippen molar-refractivity contribution in [2.45, 2.75) is 32.2 Å². The minimum Gasteiger partial charge on any atom is -0.340 e. The van der Waals surface area contributed by atoms with Gasteiger partial charge < -0.3 is 10.6 Å². The van der Waals surface area contributed by atoms with Crippen molar-refractivity contribution in [2.24, 2.45) is 5.92 Å². The molecule has 10 heteroatoms. The maximum Gasteiger partial charge on any atom is 0.148 e. The molecule has 1 atom stereocenters. The van der Waals surface area contributed by atoms with Crippen LogP contribution in [0.5, 0.6) is 0 Å². The van der Waals surface area contributed by atoms with Crippen LogP contribution in [0.4, 0.5) is 11.5 Å². The second kappa shape index (κ2) is 11.0. The Morgan fingerprint density at radius 1 is 1.10 bits per heavy atom. The predicted octanol–water partition coefficient (Wildman–Crippen LogP) is 4.96. The summed E-state index contributed by atoms with van der Waals surface area (Å²) in [6.45, 7) is 2.10. The van der Waals surface area contributed by atoms with Crippen LogP contribution in [0.15, 0.2) is 61.1 Å². The van der Waals surface area contributed by atoms with Crippen molar-refractivity contribution in [3.05, 3.63) is 77.1 Å². The molecule has 0 saturated carbocycles. The largest absolute Gasteiger partial charge is 0.340 e. The molecule has 0 bridgehead atoms. The molecule has 6 rings (SSSR count). The Morgan fingerprint density at radius 3 is 2.82 bits per heavy atom. The predicted molar refractivity (Wildman–Crippen MR) is 159 cm³/mol. The monoisotopic (exact) mass is 560 g/mol. The highest BCUT2D eigenvalue weighted by atomic mass is 32.2. The summed E-state index contributed by atoms with van der Waals surface area (Å²) in [7, 11) is -2.92. The number of aromatic nitrogens is 4. The molecule has 8 nitrogen and oxygen atoms in total. The van der Waals surface area contributed by atoms with Gasteiger partial charge in [0.2, 0.25) is 0 Å². The fraction of sp³-hybridized carbons (Fsp3) is 0.345. The maximum absolute atomic E-state index is 11.3. The molecule has 202 valence electrons. The van der Waals surface area contributed by atoms with Gasteiger partial charge in [-0.3, -0.25) is 4.68 Å². The zero-order valence-corrected chi connectivity index (χ0v) is 23.6. The zero-order valence-electron chi connectivity index (χ0n) is 21.9. The molecular formula is C29H32N6O2S2. The lowest BCUT2D eigenvalue weighted by atomic mass is 9.86. The fourth-order valence-corrected chi connectivity index (χ4v) is 7.21. The van der Waals surface area contributed by atoms with E-state index < -0.39 is 9.84 Å². The average molecular weight is 561 g/mol. The van der Waals surface area contributed by atoms with E-state index >= 15 is 0 Å². The van der Waals surface area contributed by atoms with Gasteiger partial charge in [0.15, 0.2) is 0 Å². The van der Waals surface area contributed by atoms with Gasteiger partial charge in [0.25, 0.3) is 0 Å². The maximum atomic E-state index is 11.3. The normalized spacial score (nSPS) is 15.6. The van der Waals surface area contributed by atoms with E-state index in [2.05, 4.69) is 68.2 Å². The van der Waals surface area contributed by atoms with Crippen molar-refractivity contribution < 1.29 is 8.42 Å². The third-order valence-electron chi connectivity index (χ3n) is 7.41. The standard InChI is InChI=1S/C29H32N6O2S2/c1-39(36,37)14-13-30-12-11-20-7-9-24-26(15-20)38-29-27(24)28(31-19-32-29)34-23-8-10-25-22(16-23)17-33-35(25)18-21-5-3-2-4-6-21/h2-6,8,10,16-17,19-20,30H,7,9,11-15,18H2,1H3,(H,31,32,34). The van der Waals surface area contributed by atoms with E-state index in [0.29, 0.717) is 12.5 Å². The van der Waals surface area contributed by atoms with Gasteiger partial charge in [0.1, 0.15) is 26.8 Å². The van der Waals surface area contributed by atoms with E-state index in [1.165, 1.54) is 22.3 Å². The number of rotatable bonds is 10. The first-order valence-electron chi connectivity index (χ1n) is 13.3. The quantitative estimate of drug-likeness (QED) is 0.233. The number of fused-ring (bicyclic) bond motifs is 4. The summed E-state index contributed by atoms with van der Waals surface area (Å²) in [4.78, 5) is 11.7. The van der Waals surface area contributed by atoms with Gasteiger partial charge in [-0.1, -0.05) is 30.3 Å². The summed E-state index contributed by atoms with van der Waals surface area (Å²) in [6.07, 6.45) is 9.06. The number of anilines is 2. The average Bonchev–Trinajstić information content (AvgIpc) is 3.49. The summed E-state index contributed by atoms with van der Waals surface area (Å²) >= 11 is 1.78. The van der Waals surface area contributed by atoms with Crippen LogP contribution in [-0.4, -0.2) is 53.3 Å². The zero-order chi connectivity index (χ0) is 26.8. The minimum absolute atomic E-state index is 0.190. The molecule has 1 aliphatic carbocycles. The third kappa shape index (κ3) is 5.98. The molecule has 3 aromatic heterocycles. The Bertz CT molecular complexity index is 1710. The molecule has 1 unspecified atom stereocenters. The van der Waals surface area contributed by atoms with Gasteiger partial charge in [-0.2, -0.15) is 5.10 Å². The van der Waals surface area contributed by atoms with Gasteiger partial charge in [0.05, 0.1) is 29.4 Å². The Hall–Kier alpha value is -3.34. The van der Waals surface area contributed by atoms with Crippen LogP contribution < -0.4 is 10.6 Å². The van der Waals surface area contributed by atoms with Gasteiger partial charge in [-0.05, 0) is 67.5 Å². The van der Waals surface area contributed by atoms with Crippen LogP contribution in [0.25, 0.3) is 21.1 Å². The number of nitrogens with one attached hydrogen (secondary N) is 2. The van der Waals surface area contributed by atoms with Gasteiger partial charge in [-0.15, -0.1) is 11.3 Å². The van der Waals surface area contributed by atoms with Crippen molar-refractivity contribution in [2.75, 3.05) is 30.4 Å². The molecule has 0 spiro atoms. The van der Waals surface area contributed by atoms with Gasteiger partial charge in [-0.25, -0.2) is 18.4 Å². The van der Waals surface area contributed by atoms with Crippen molar-refractivity contribution in [1.29, 1.82) is 0 Å². The minimum atomic E-state index is -2.92. The number of hydrogen-bond donors (Lipinski definition) is 2. The van der Waals surface area contributed by atoms with E-state index in [1.807, 2.05) is 16.9 Å². The summed E-state index contributed by atoms with van der Waals surface area (Å²) in [5.74, 6) is 1.64. The Balaban J connectivity index is 1.16. The topological polar surface area (TPSA) is 102 Å². The molecule has 0 amide bonds. The Kier molecular flexibility index (Phi) is 7.33. The second-order valence-electron chi connectivity index (χ2n) is 10.4. The lowest BCUT2D eigenvalue weighted by molar-refractivity contribution is 0.421. The highest BCUT2D eigenvalue weighted by molar-refractivity contribution is 7.90. The van der Waals surface area contributed by atoms with Crippen LogP contribution in [0.2, 0.25) is 0 Å². The highest BCUT2D eigenvalue weighted by Gasteiger charge is 2.25. The lowest BCUT2D eigenvalue weighted by Gasteiger charge is -2.22. The molecule has 0 fully saturated rings. The van der Waals surface area contributed by atoms with Crippen LogP contribution in [0.1, 0.15) is 28.8 Å². The van der Waals surface area contributed by atoms with Crippen LogP contribution in [-0.2, 0) is 29.2 Å². The first-order chi connectivity index (χ1) is 18.9. The second-order valence-corrected chi connectivity index (χ2v) is 13.7. The summed E-state index contributed by atoms with van der Waals surface area (Å²) < 4.78 is 24.7. The fourth-order valence-electron chi connectivity index (χ4n) is 5.39. The molecule has 0 radical (unpaired) electrons. The van der Waals surface area contributed by atoms with Crippen molar-refractivity contribution in [3.63, 3.8) is 0 Å². The summed E-state index contributed by atoms with van der Waals surface area (Å²) in [5, 5.41) is 13.7. The van der Waals surface area contributed by atoms with E-state index in [4.69, 9.17) is 0 Å². The summed E-state index contributed by atoms with van der Waals surface area (Å²) in [6, 6.07) is 16.7. The molecular weight excluding hydrogens is 528 g/mol. The number of hydrogen-bond acceptors (Lipinski definition) is 8. The van der Waals surface area contributed by atoms with Crippen LogP contribution in [0.3, 0.4) is 0 Å². The Morgan fingerprint density at radius 2 is 1.97 bits per heavy atom. The SMILES string of the molecule is CS(=O)(=O)CCNCCC1CCc2c(sc3ncnc(Nc4ccc5c(cnn5Cc5ccccc5)c4)c23)C1. The molecule has 39 heavy (non-hydrogen) atoms. The number of thiophene rings is 1. The number of nitrogens with zero attached hydrogens (tertiary/aromatic N) is 4. The molecule has 2 N–H and O–H groups in total. The van der Waals surface area contributed by atoms with Crippen molar-refractivity contribution >= 4 is 53.8 Å². The molecule has 2 aromatic carbocycles. The van der Waals surface area contributed by atoms with E-state index in [-0.39, 0.29) is 5.75 Å². The Labute approximate surface area is 232 Å². The van der Waals surface area contributed by atoms with Gasteiger partial charge >= 0.3 is 0 Å². The molecule has 5 aromatic rings. The van der Waals surface area contributed by atoms with Crippen LogP contribution >= 0.6 is 11.3 Å². The molecule has 1 aliphatic rings. The van der Waals surface area contributed by atoms with Gasteiger partial charge in [0, 0.05) is 28.8 Å². The number of aryl methyl sites for hydroxylation is 1. The van der Waals surface area contributed by atoms with Crippen LogP contribution in [0, 0.1) is 5.92 Å². The first-order valence-corrected chi connectivity index (χ1v) is 16.2. The molecule has 0 aliphatic heterocycles. The molecule has 0 saturated heterocycles. The highest BCUT2D eigenvalue weighted by Crippen LogP contribution is 2.41. The smallest absolute Gasteiger partial charge is 0.148 e. The van der Waals surface area contributed by atoms with E-state index in [1.54, 1.807) is 17.7 Å². The first kappa shape index (κ1) is 25.9. The number of benzene rings is 2. The van der Waals surface area contributed by atoms with Crippen molar-refractivity contribution in [1.82, 2.24) is 25.1 Å². The lowest BCUT2D eigenvalue weighted by Crippen LogP contribution is -2.26. The number of sulfone groups is 1. The summed E-state index contributed by atoms with van der Waals surface area (Å²) in [5.41, 5.74) is 4.68. The van der Waals surface area contributed by atoms with E-state index in [9.17, 15) is 8.42 Å². The van der Waals surface area contributed by atoms with Crippen molar-refractivity contribution in [3.8, 4) is 0 Å². The van der Waals surface area contributed by atoms with E-state index in [0.717, 1.165) is 71.4 Å². The third-order valence-corrected chi connectivity index (χ3v) is 9.51. The molecule has 3 heterocycles.